The lowest BCUT2D eigenvalue weighted by atomic mass is 9.85. The Kier molecular flexibility index (Phi) is 3.66. The van der Waals surface area contributed by atoms with Gasteiger partial charge < -0.3 is 14.2 Å². The summed E-state index contributed by atoms with van der Waals surface area (Å²) in [7, 11) is 0. The molecule has 4 heteroatoms. The van der Waals surface area contributed by atoms with Crippen LogP contribution in [0.2, 0.25) is 0 Å². The molecule has 2 aliphatic heterocycles. The van der Waals surface area contributed by atoms with Crippen molar-refractivity contribution in [1.29, 1.82) is 0 Å². The summed E-state index contributed by atoms with van der Waals surface area (Å²) < 4.78 is 16.1. The van der Waals surface area contributed by atoms with Gasteiger partial charge in [-0.2, -0.15) is 0 Å². The molecule has 2 atom stereocenters. The van der Waals surface area contributed by atoms with E-state index in [1.807, 2.05) is 36.4 Å². The Morgan fingerprint density at radius 1 is 0.870 bits per heavy atom. The summed E-state index contributed by atoms with van der Waals surface area (Å²) in [5, 5.41) is 0. The minimum atomic E-state index is -0.101. The number of fused-ring (bicyclic) bond motifs is 1. The maximum atomic E-state index is 12.1. The summed E-state index contributed by atoms with van der Waals surface area (Å²) in [5.74, 6) is 1.55. The molecule has 0 aromatic heterocycles. The molecule has 118 valence electrons. The van der Waals surface area contributed by atoms with Crippen LogP contribution in [0.1, 0.15) is 11.1 Å². The first-order chi connectivity index (χ1) is 11.3. The highest BCUT2D eigenvalue weighted by atomic mass is 16.7. The van der Waals surface area contributed by atoms with Crippen molar-refractivity contribution in [3.63, 3.8) is 0 Å². The molecule has 0 N–H and O–H groups in total. The van der Waals surface area contributed by atoms with Crippen molar-refractivity contribution in [3.8, 4) is 11.5 Å². The molecular weight excluding hydrogens is 292 g/mol. The van der Waals surface area contributed by atoms with E-state index in [1.165, 1.54) is 5.56 Å². The molecule has 4 nitrogen and oxygen atoms in total. The quantitative estimate of drug-likeness (QED) is 0.814. The van der Waals surface area contributed by atoms with Crippen LogP contribution in [0.3, 0.4) is 0 Å². The molecule has 1 saturated heterocycles. The van der Waals surface area contributed by atoms with Crippen LogP contribution in [0.5, 0.6) is 11.5 Å². The average Bonchev–Trinajstić information content (AvgIpc) is 3.17. The lowest BCUT2D eigenvalue weighted by molar-refractivity contribution is -0.141. The van der Waals surface area contributed by atoms with E-state index in [0.717, 1.165) is 23.5 Å². The molecular formula is C19H18O4. The lowest BCUT2D eigenvalue weighted by Gasteiger charge is -2.15. The largest absolute Gasteiger partial charge is 0.465 e. The van der Waals surface area contributed by atoms with Gasteiger partial charge in [0.05, 0.1) is 12.5 Å². The predicted octanol–water partition coefficient (Wildman–Crippen LogP) is 2.99. The van der Waals surface area contributed by atoms with E-state index in [4.69, 9.17) is 14.2 Å². The molecule has 0 amide bonds. The average molecular weight is 310 g/mol. The van der Waals surface area contributed by atoms with E-state index in [9.17, 15) is 4.79 Å². The molecule has 2 heterocycles. The fourth-order valence-electron chi connectivity index (χ4n) is 3.29. The Hall–Kier alpha value is -2.49. The molecule has 0 saturated carbocycles. The molecule has 0 spiro atoms. The van der Waals surface area contributed by atoms with E-state index in [2.05, 4.69) is 12.1 Å². The van der Waals surface area contributed by atoms with Crippen molar-refractivity contribution in [2.75, 3.05) is 13.4 Å². The Balaban J connectivity index is 1.50. The van der Waals surface area contributed by atoms with Gasteiger partial charge in [-0.05, 0) is 36.1 Å². The third-order valence-corrected chi connectivity index (χ3v) is 4.54. The molecule has 2 aromatic rings. The van der Waals surface area contributed by atoms with Gasteiger partial charge in [-0.15, -0.1) is 0 Å². The fraction of sp³-hybridized carbons (Fsp3) is 0.316. The molecule has 0 bridgehead atoms. The van der Waals surface area contributed by atoms with Gasteiger partial charge in [-0.25, -0.2) is 0 Å². The third-order valence-electron chi connectivity index (χ3n) is 4.54. The second-order valence-corrected chi connectivity index (χ2v) is 6.08. The maximum absolute atomic E-state index is 12.1. The van der Waals surface area contributed by atoms with Crippen molar-refractivity contribution >= 4 is 5.97 Å². The van der Waals surface area contributed by atoms with Crippen LogP contribution >= 0.6 is 0 Å². The maximum Gasteiger partial charge on any atom is 0.309 e. The van der Waals surface area contributed by atoms with Crippen LogP contribution in [0.4, 0.5) is 0 Å². The minimum absolute atomic E-state index is 0.0939. The minimum Gasteiger partial charge on any atom is -0.465 e. The summed E-state index contributed by atoms with van der Waals surface area (Å²) >= 11 is 0. The van der Waals surface area contributed by atoms with Crippen LogP contribution in [0.15, 0.2) is 48.5 Å². The summed E-state index contributed by atoms with van der Waals surface area (Å²) in [4.78, 5) is 12.1. The predicted molar refractivity (Wildman–Crippen MR) is 84.4 cm³/mol. The van der Waals surface area contributed by atoms with Crippen molar-refractivity contribution in [1.82, 2.24) is 0 Å². The zero-order chi connectivity index (χ0) is 15.6. The highest BCUT2D eigenvalue weighted by Gasteiger charge is 2.36. The summed E-state index contributed by atoms with van der Waals surface area (Å²) in [6.45, 7) is 0.768. The number of hydrogen-bond acceptors (Lipinski definition) is 4. The molecule has 23 heavy (non-hydrogen) atoms. The van der Waals surface area contributed by atoms with Gasteiger partial charge >= 0.3 is 5.97 Å². The zero-order valence-corrected chi connectivity index (χ0v) is 12.7. The van der Waals surface area contributed by atoms with Crippen LogP contribution in [0, 0.1) is 11.8 Å². The second kappa shape index (κ2) is 5.95. The Morgan fingerprint density at radius 3 is 2.57 bits per heavy atom. The standard InChI is InChI=1S/C19H18O4/c20-19-16(9-14-6-7-17-18(10-14)23-12-22-17)15(11-21-19)8-13-4-2-1-3-5-13/h1-7,10,15-16H,8-9,11-12H2/t15-,16+/m0/s1. The van der Waals surface area contributed by atoms with E-state index in [1.54, 1.807) is 0 Å². The van der Waals surface area contributed by atoms with Crippen molar-refractivity contribution < 1.29 is 19.0 Å². The first-order valence-electron chi connectivity index (χ1n) is 7.89. The van der Waals surface area contributed by atoms with E-state index in [0.29, 0.717) is 13.0 Å². The number of ether oxygens (including phenoxy) is 3. The van der Waals surface area contributed by atoms with E-state index >= 15 is 0 Å². The second-order valence-electron chi connectivity index (χ2n) is 6.08. The van der Waals surface area contributed by atoms with Crippen molar-refractivity contribution in [2.45, 2.75) is 12.8 Å². The molecule has 1 fully saturated rings. The molecule has 2 aliphatic rings. The fourth-order valence-corrected chi connectivity index (χ4v) is 3.29. The first-order valence-corrected chi connectivity index (χ1v) is 7.89. The van der Waals surface area contributed by atoms with Crippen molar-refractivity contribution in [3.05, 3.63) is 59.7 Å². The SMILES string of the molecule is O=C1OC[C@H](Cc2ccccc2)[C@H]1Cc1ccc2c(c1)OCO2. The topological polar surface area (TPSA) is 44.8 Å². The monoisotopic (exact) mass is 310 g/mol. The number of carbonyl (C=O) groups excluding carboxylic acids is 1. The van der Waals surface area contributed by atoms with Crippen molar-refractivity contribution in [2.24, 2.45) is 11.8 Å². The van der Waals surface area contributed by atoms with Gasteiger partial charge in [0, 0.05) is 5.92 Å². The number of benzene rings is 2. The smallest absolute Gasteiger partial charge is 0.309 e. The zero-order valence-electron chi connectivity index (χ0n) is 12.7. The Bertz CT molecular complexity index is 711. The van der Waals surface area contributed by atoms with Gasteiger partial charge in [-0.3, -0.25) is 4.79 Å². The number of carbonyl (C=O) groups is 1. The Morgan fingerprint density at radius 2 is 1.70 bits per heavy atom. The van der Waals surface area contributed by atoms with Gasteiger partial charge in [0.1, 0.15) is 0 Å². The lowest BCUT2D eigenvalue weighted by Crippen LogP contribution is -2.20. The summed E-state index contributed by atoms with van der Waals surface area (Å²) in [6, 6.07) is 16.1. The van der Waals surface area contributed by atoms with Gasteiger partial charge in [0.15, 0.2) is 11.5 Å². The first kappa shape index (κ1) is 14.1. The molecule has 0 unspecified atom stereocenters. The molecule has 0 radical (unpaired) electrons. The highest BCUT2D eigenvalue weighted by Crippen LogP contribution is 2.35. The van der Waals surface area contributed by atoms with Gasteiger partial charge in [-0.1, -0.05) is 36.4 Å². The highest BCUT2D eigenvalue weighted by molar-refractivity contribution is 5.75. The molecule has 0 aliphatic carbocycles. The van der Waals surface area contributed by atoms with Crippen LogP contribution in [-0.2, 0) is 22.4 Å². The third kappa shape index (κ3) is 2.89. The van der Waals surface area contributed by atoms with Crippen LogP contribution in [-0.4, -0.2) is 19.4 Å². The Labute approximate surface area is 135 Å². The van der Waals surface area contributed by atoms with E-state index < -0.39 is 0 Å². The normalized spacial score (nSPS) is 22.2. The number of esters is 1. The van der Waals surface area contributed by atoms with Crippen LogP contribution < -0.4 is 9.47 Å². The van der Waals surface area contributed by atoms with Crippen LogP contribution in [0.25, 0.3) is 0 Å². The van der Waals surface area contributed by atoms with Gasteiger partial charge in [0.25, 0.3) is 0 Å². The molecule has 2 aromatic carbocycles. The summed E-state index contributed by atoms with van der Waals surface area (Å²) in [6.07, 6.45) is 1.54. The molecule has 4 rings (SSSR count). The number of cyclic esters (lactones) is 1. The van der Waals surface area contributed by atoms with E-state index in [-0.39, 0.29) is 24.6 Å². The summed E-state index contributed by atoms with van der Waals surface area (Å²) in [5.41, 5.74) is 2.32. The number of hydrogen-bond donors (Lipinski definition) is 0. The number of rotatable bonds is 4. The van der Waals surface area contributed by atoms with Gasteiger partial charge in [0.2, 0.25) is 6.79 Å².